The molecule has 0 bridgehead atoms. The first-order valence-electron chi connectivity index (χ1n) is 9.51. The van der Waals surface area contributed by atoms with Crippen LogP contribution in [-0.4, -0.2) is 59.2 Å². The van der Waals surface area contributed by atoms with Crippen LogP contribution in [0, 0.1) is 5.92 Å². The number of urea groups is 1. The summed E-state index contributed by atoms with van der Waals surface area (Å²) in [5.74, 6) is -3.14. The third-order valence-corrected chi connectivity index (χ3v) is 5.39. The van der Waals surface area contributed by atoms with Crippen LogP contribution in [0.25, 0.3) is 0 Å². The number of carbonyl (C=O) groups excluding carboxylic acids is 5. The number of imide groups is 2. The Morgan fingerprint density at radius 1 is 1.10 bits per heavy atom. The van der Waals surface area contributed by atoms with Gasteiger partial charge in [-0.1, -0.05) is 31.9 Å². The lowest BCUT2D eigenvalue weighted by molar-refractivity contribution is -0.145. The van der Waals surface area contributed by atoms with E-state index in [-0.39, 0.29) is 23.2 Å². The van der Waals surface area contributed by atoms with Gasteiger partial charge in [-0.2, -0.15) is 0 Å². The molecule has 1 aliphatic carbocycles. The van der Waals surface area contributed by atoms with Gasteiger partial charge < -0.3 is 10.1 Å². The molecule has 1 heterocycles. The summed E-state index contributed by atoms with van der Waals surface area (Å²) < 4.78 is 4.67. The molecule has 1 saturated heterocycles. The maximum Gasteiger partial charge on any atom is 0.339 e. The third kappa shape index (κ3) is 3.98. The molecule has 1 aromatic carbocycles. The Morgan fingerprint density at radius 2 is 1.79 bits per heavy atom. The van der Waals surface area contributed by atoms with Crippen molar-refractivity contribution in [2.75, 3.05) is 19.0 Å². The van der Waals surface area contributed by atoms with Crippen molar-refractivity contribution in [1.29, 1.82) is 0 Å². The van der Waals surface area contributed by atoms with Crippen molar-refractivity contribution in [2.45, 2.75) is 38.6 Å². The summed E-state index contributed by atoms with van der Waals surface area (Å²) in [6, 6.07) is 5.10. The molecule has 9 heteroatoms. The minimum atomic E-state index is -1.01. The van der Waals surface area contributed by atoms with E-state index in [1.54, 1.807) is 12.1 Å². The van der Waals surface area contributed by atoms with Gasteiger partial charge in [-0.15, -0.1) is 0 Å². The summed E-state index contributed by atoms with van der Waals surface area (Å²) >= 11 is 0. The molecule has 1 aliphatic heterocycles. The van der Waals surface area contributed by atoms with Crippen molar-refractivity contribution in [3.05, 3.63) is 29.8 Å². The van der Waals surface area contributed by atoms with E-state index >= 15 is 0 Å². The number of ether oxygens (including phenoxy) is 1. The fraction of sp³-hybridized carbons (Fsp3) is 0.450. The molecule has 29 heavy (non-hydrogen) atoms. The Balaban J connectivity index is 1.73. The molecule has 2 aliphatic rings. The van der Waals surface area contributed by atoms with E-state index < -0.39 is 36.3 Å². The fourth-order valence-corrected chi connectivity index (χ4v) is 3.85. The number of carbonyl (C=O) groups is 5. The molecule has 9 nitrogen and oxygen atoms in total. The standard InChI is InChI=1S/C20H23N3O6/c1-12-7-3-6-10-15(12)23-18(26)17(25)22(20(23)28)11-16(24)21-14-9-5-4-8-13(14)19(27)29-2/h4-5,8-9,12,15H,3,6-7,10-11H2,1-2H3,(H,21,24)/t12-,15-/m0/s1. The highest BCUT2D eigenvalue weighted by Gasteiger charge is 2.49. The number of esters is 1. The monoisotopic (exact) mass is 401 g/mol. The molecule has 0 radical (unpaired) electrons. The second kappa shape index (κ2) is 8.42. The van der Waals surface area contributed by atoms with Gasteiger partial charge in [0.15, 0.2) is 0 Å². The average Bonchev–Trinajstić information content (AvgIpc) is 2.91. The second-order valence-electron chi connectivity index (χ2n) is 7.26. The molecule has 3 rings (SSSR count). The molecule has 5 amide bonds. The van der Waals surface area contributed by atoms with Crippen LogP contribution in [0.1, 0.15) is 43.0 Å². The number of benzene rings is 1. The van der Waals surface area contributed by atoms with Crippen LogP contribution >= 0.6 is 0 Å². The average molecular weight is 401 g/mol. The van der Waals surface area contributed by atoms with E-state index in [2.05, 4.69) is 10.1 Å². The number of amides is 5. The Labute approximate surface area is 168 Å². The summed E-state index contributed by atoms with van der Waals surface area (Å²) in [7, 11) is 1.22. The van der Waals surface area contributed by atoms with Gasteiger partial charge in [-0.25, -0.2) is 14.5 Å². The highest BCUT2D eigenvalue weighted by Crippen LogP contribution is 2.31. The van der Waals surface area contributed by atoms with Crippen molar-refractivity contribution in [3.63, 3.8) is 0 Å². The van der Waals surface area contributed by atoms with Crippen molar-refractivity contribution in [2.24, 2.45) is 5.92 Å². The van der Waals surface area contributed by atoms with Crippen molar-refractivity contribution >= 4 is 35.4 Å². The number of methoxy groups -OCH3 is 1. The van der Waals surface area contributed by atoms with Gasteiger partial charge in [0.25, 0.3) is 0 Å². The Hall–Kier alpha value is -3.23. The van der Waals surface area contributed by atoms with Crippen LogP contribution in [0.2, 0.25) is 0 Å². The van der Waals surface area contributed by atoms with Crippen LogP contribution in [0.15, 0.2) is 24.3 Å². The molecular formula is C20H23N3O6. The van der Waals surface area contributed by atoms with Crippen LogP contribution in [0.5, 0.6) is 0 Å². The lowest BCUT2D eigenvalue weighted by Crippen LogP contribution is -2.46. The van der Waals surface area contributed by atoms with Crippen LogP contribution in [-0.2, 0) is 19.1 Å². The lowest BCUT2D eigenvalue weighted by Gasteiger charge is -2.34. The zero-order chi connectivity index (χ0) is 21.1. The Morgan fingerprint density at radius 3 is 2.48 bits per heavy atom. The van der Waals surface area contributed by atoms with Gasteiger partial charge in [0.2, 0.25) is 5.91 Å². The molecule has 0 spiro atoms. The molecule has 1 saturated carbocycles. The number of anilines is 1. The van der Waals surface area contributed by atoms with Crippen LogP contribution < -0.4 is 5.32 Å². The van der Waals surface area contributed by atoms with Gasteiger partial charge in [0.05, 0.1) is 18.4 Å². The maximum atomic E-state index is 12.7. The van der Waals surface area contributed by atoms with Crippen molar-refractivity contribution in [3.8, 4) is 0 Å². The number of nitrogens with one attached hydrogen (secondary N) is 1. The first-order valence-corrected chi connectivity index (χ1v) is 9.51. The Bertz CT molecular complexity index is 868. The molecule has 2 fully saturated rings. The lowest BCUT2D eigenvalue weighted by atomic mass is 9.85. The minimum Gasteiger partial charge on any atom is -0.465 e. The number of para-hydroxylation sites is 1. The van der Waals surface area contributed by atoms with Gasteiger partial charge in [0.1, 0.15) is 6.54 Å². The summed E-state index contributed by atoms with van der Waals surface area (Å²) in [5.41, 5.74) is 0.323. The Kier molecular flexibility index (Phi) is 5.95. The topological polar surface area (TPSA) is 113 Å². The molecule has 1 N–H and O–H groups in total. The molecule has 2 atom stereocenters. The zero-order valence-corrected chi connectivity index (χ0v) is 16.3. The summed E-state index contributed by atoms with van der Waals surface area (Å²) in [6.07, 6.45) is 3.43. The van der Waals surface area contributed by atoms with E-state index in [9.17, 15) is 24.0 Å². The number of hydrogen-bond donors (Lipinski definition) is 1. The highest BCUT2D eigenvalue weighted by atomic mass is 16.5. The maximum absolute atomic E-state index is 12.7. The second-order valence-corrected chi connectivity index (χ2v) is 7.26. The normalized spacial score (nSPS) is 22.1. The van der Waals surface area contributed by atoms with Gasteiger partial charge in [-0.05, 0) is 30.9 Å². The summed E-state index contributed by atoms with van der Waals surface area (Å²) in [6.45, 7) is 1.34. The van der Waals surface area contributed by atoms with E-state index in [4.69, 9.17) is 0 Å². The molecule has 0 aromatic heterocycles. The first-order chi connectivity index (χ1) is 13.8. The van der Waals surface area contributed by atoms with E-state index in [0.717, 1.165) is 24.2 Å². The predicted octanol–water partition coefficient (Wildman–Crippen LogP) is 1.78. The predicted molar refractivity (Wildman–Crippen MR) is 102 cm³/mol. The molecule has 1 aromatic rings. The third-order valence-electron chi connectivity index (χ3n) is 5.39. The van der Waals surface area contributed by atoms with Crippen molar-refractivity contribution < 1.29 is 28.7 Å². The fourth-order valence-electron chi connectivity index (χ4n) is 3.85. The number of hydrogen-bond acceptors (Lipinski definition) is 6. The SMILES string of the molecule is COC(=O)c1ccccc1NC(=O)CN1C(=O)C(=O)N([C@H]2CCCC[C@@H]2C)C1=O. The zero-order valence-electron chi connectivity index (χ0n) is 16.3. The molecular weight excluding hydrogens is 378 g/mol. The quantitative estimate of drug-likeness (QED) is 0.457. The van der Waals surface area contributed by atoms with E-state index in [1.165, 1.54) is 19.2 Å². The van der Waals surface area contributed by atoms with Crippen molar-refractivity contribution in [1.82, 2.24) is 9.80 Å². The van der Waals surface area contributed by atoms with Gasteiger partial charge in [0, 0.05) is 6.04 Å². The minimum absolute atomic E-state index is 0.102. The van der Waals surface area contributed by atoms with Crippen LogP contribution in [0.4, 0.5) is 10.5 Å². The largest absolute Gasteiger partial charge is 0.465 e. The van der Waals surface area contributed by atoms with Gasteiger partial charge >= 0.3 is 23.8 Å². The molecule has 0 unspecified atom stereocenters. The van der Waals surface area contributed by atoms with Gasteiger partial charge in [-0.3, -0.25) is 19.3 Å². The van der Waals surface area contributed by atoms with E-state index in [1.807, 2.05) is 6.92 Å². The van der Waals surface area contributed by atoms with E-state index in [0.29, 0.717) is 11.3 Å². The summed E-state index contributed by atoms with van der Waals surface area (Å²) in [5, 5.41) is 2.50. The highest BCUT2D eigenvalue weighted by molar-refractivity contribution is 6.45. The first kappa shape index (κ1) is 20.5. The number of rotatable bonds is 5. The number of nitrogens with zero attached hydrogens (tertiary/aromatic N) is 2. The summed E-state index contributed by atoms with van der Waals surface area (Å²) in [4.78, 5) is 63.4. The smallest absolute Gasteiger partial charge is 0.339 e. The van der Waals surface area contributed by atoms with Crippen LogP contribution in [0.3, 0.4) is 0 Å². The molecule has 154 valence electrons.